The molecule has 0 N–H and O–H groups in total. The molecule has 3 atom stereocenters. The van der Waals surface area contributed by atoms with Crippen LogP contribution < -0.4 is 0 Å². The third-order valence-corrected chi connectivity index (χ3v) is 6.17. The Hall–Kier alpha value is -1.94. The third-order valence-electron chi connectivity index (χ3n) is 3.95. The lowest BCUT2D eigenvalue weighted by Crippen LogP contribution is -2.26. The Kier molecular flexibility index (Phi) is 4.25. The molecule has 22 heavy (non-hydrogen) atoms. The molecular weight excluding hydrogens is 309 g/mol. The van der Waals surface area contributed by atoms with Crippen molar-refractivity contribution < 1.29 is 22.3 Å². The predicted molar refractivity (Wildman–Crippen MR) is 77.1 cm³/mol. The fourth-order valence-corrected chi connectivity index (χ4v) is 4.74. The van der Waals surface area contributed by atoms with Gasteiger partial charge in [0.25, 0.3) is 0 Å². The zero-order chi connectivity index (χ0) is 16.5. The fraction of sp³-hybridized carbons (Fsp3) is 0.467. The molecule has 1 aromatic carbocycles. The summed E-state index contributed by atoms with van der Waals surface area (Å²) in [6.45, 7) is 3.10. The number of hydrogen-bond acceptors (Lipinski definition) is 5. The van der Waals surface area contributed by atoms with Crippen molar-refractivity contribution in [2.24, 2.45) is 5.41 Å². The molecule has 7 heteroatoms. The Bertz CT molecular complexity index is 723. The van der Waals surface area contributed by atoms with Gasteiger partial charge in [0.05, 0.1) is 12.7 Å². The quantitative estimate of drug-likeness (QED) is 0.771. The maximum absolute atomic E-state index is 13.0. The van der Waals surface area contributed by atoms with Crippen molar-refractivity contribution in [1.82, 2.24) is 0 Å². The van der Waals surface area contributed by atoms with Crippen LogP contribution in [0.3, 0.4) is 0 Å². The second-order valence-corrected chi connectivity index (χ2v) is 7.51. The minimum absolute atomic E-state index is 0.0529. The summed E-state index contributed by atoms with van der Waals surface area (Å²) < 4.78 is 42.5. The van der Waals surface area contributed by atoms with E-state index in [1.165, 1.54) is 31.2 Å². The molecule has 1 aromatic rings. The zero-order valence-electron chi connectivity index (χ0n) is 12.2. The largest absolute Gasteiger partial charge is 0.465 e. The molecule has 0 spiro atoms. The van der Waals surface area contributed by atoms with Gasteiger partial charge in [0.15, 0.2) is 15.3 Å². The molecule has 118 valence electrons. The molecule has 0 radical (unpaired) electrons. The van der Waals surface area contributed by atoms with Crippen LogP contribution in [0.1, 0.15) is 25.3 Å². The Balaban J connectivity index is 2.52. The van der Waals surface area contributed by atoms with Crippen LogP contribution in [0.15, 0.2) is 24.3 Å². The van der Waals surface area contributed by atoms with E-state index in [0.29, 0.717) is 5.56 Å². The van der Waals surface area contributed by atoms with Crippen molar-refractivity contribution in [2.75, 3.05) is 12.4 Å². The second kappa shape index (κ2) is 5.69. The number of halogens is 1. The number of sulfone groups is 1. The normalized spacial score (nSPS) is 27.0. The van der Waals surface area contributed by atoms with Crippen molar-refractivity contribution >= 4 is 15.8 Å². The summed E-state index contributed by atoms with van der Waals surface area (Å²) in [6, 6.07) is 7.00. The number of nitriles is 1. The van der Waals surface area contributed by atoms with E-state index in [4.69, 9.17) is 4.74 Å². The summed E-state index contributed by atoms with van der Waals surface area (Å²) in [6.07, 6.45) is 0. The van der Waals surface area contributed by atoms with Crippen LogP contribution in [0.25, 0.3) is 0 Å². The van der Waals surface area contributed by atoms with E-state index in [0.717, 1.165) is 0 Å². The molecule has 1 aliphatic carbocycles. The van der Waals surface area contributed by atoms with Gasteiger partial charge in [-0.3, -0.25) is 4.79 Å². The molecular formula is C15H16FNO4S. The highest BCUT2D eigenvalue weighted by Crippen LogP contribution is 2.63. The highest BCUT2D eigenvalue weighted by molar-refractivity contribution is 7.92. The minimum atomic E-state index is -3.63. The SMILES string of the molecule is CCOC(=O)[C@@]1(C#N)[C@H](S(=O)(=O)CC)[C@@H]1c1ccc(F)cc1. The standard InChI is InChI=1S/C15H16FNO4S/c1-3-21-14(18)15(9-17)12(13(15)22(19,20)4-2)10-5-7-11(16)8-6-10/h5-8,12-13H,3-4H2,1-2H3/t12-,13+,15+/m0/s1. The van der Waals surface area contributed by atoms with Crippen LogP contribution in [0.2, 0.25) is 0 Å². The van der Waals surface area contributed by atoms with Crippen molar-refractivity contribution in [1.29, 1.82) is 5.26 Å². The smallest absolute Gasteiger partial charge is 0.328 e. The highest BCUT2D eigenvalue weighted by atomic mass is 32.2. The number of rotatable bonds is 5. The van der Waals surface area contributed by atoms with Crippen LogP contribution in [0, 0.1) is 22.6 Å². The number of benzene rings is 1. The summed E-state index contributed by atoms with van der Waals surface area (Å²) in [7, 11) is -3.63. The lowest BCUT2D eigenvalue weighted by atomic mass is 10.0. The van der Waals surface area contributed by atoms with E-state index in [1.807, 2.05) is 6.07 Å². The van der Waals surface area contributed by atoms with Crippen molar-refractivity contribution in [3.05, 3.63) is 35.6 Å². The Labute approximate surface area is 128 Å². The summed E-state index contributed by atoms with van der Waals surface area (Å²) in [5, 5.41) is 8.33. The molecule has 0 aromatic heterocycles. The van der Waals surface area contributed by atoms with Gasteiger partial charge < -0.3 is 4.74 Å². The summed E-state index contributed by atoms with van der Waals surface area (Å²) in [5.41, 5.74) is -1.30. The second-order valence-electron chi connectivity index (χ2n) is 5.10. The van der Waals surface area contributed by atoms with Gasteiger partial charge in [0.2, 0.25) is 0 Å². The molecule has 0 amide bonds. The van der Waals surface area contributed by atoms with Crippen LogP contribution in [0.5, 0.6) is 0 Å². The van der Waals surface area contributed by atoms with Crippen molar-refractivity contribution in [3.8, 4) is 6.07 Å². The average Bonchev–Trinajstić information content (AvgIpc) is 3.20. The van der Waals surface area contributed by atoms with Gasteiger partial charge in [-0.1, -0.05) is 19.1 Å². The number of carbonyl (C=O) groups is 1. The van der Waals surface area contributed by atoms with Gasteiger partial charge in [0, 0.05) is 11.7 Å². The fourth-order valence-electron chi connectivity index (χ4n) is 2.81. The third kappa shape index (κ3) is 2.37. The van der Waals surface area contributed by atoms with E-state index in [1.54, 1.807) is 6.92 Å². The molecule has 0 heterocycles. The van der Waals surface area contributed by atoms with E-state index in [9.17, 15) is 22.9 Å². The maximum Gasteiger partial charge on any atom is 0.328 e. The lowest BCUT2D eigenvalue weighted by molar-refractivity contribution is -0.147. The van der Waals surface area contributed by atoms with Gasteiger partial charge in [-0.2, -0.15) is 5.26 Å². The maximum atomic E-state index is 13.0. The number of esters is 1. The Morgan fingerprint density at radius 3 is 2.41 bits per heavy atom. The van der Waals surface area contributed by atoms with Crippen LogP contribution in [0.4, 0.5) is 4.39 Å². The Morgan fingerprint density at radius 1 is 1.36 bits per heavy atom. The zero-order valence-corrected chi connectivity index (χ0v) is 13.1. The molecule has 0 aliphatic heterocycles. The van der Waals surface area contributed by atoms with Crippen LogP contribution in [-0.2, 0) is 19.4 Å². The average molecular weight is 325 g/mol. The van der Waals surface area contributed by atoms with Crippen LogP contribution >= 0.6 is 0 Å². The number of carbonyl (C=O) groups excluding carboxylic acids is 1. The Morgan fingerprint density at radius 2 is 1.95 bits per heavy atom. The van der Waals surface area contributed by atoms with Gasteiger partial charge in [-0.25, -0.2) is 12.8 Å². The molecule has 1 saturated carbocycles. The van der Waals surface area contributed by atoms with E-state index < -0.39 is 38.2 Å². The monoisotopic (exact) mass is 325 g/mol. The molecule has 5 nitrogen and oxygen atoms in total. The van der Waals surface area contributed by atoms with E-state index in [2.05, 4.69) is 0 Å². The number of hydrogen-bond donors (Lipinski definition) is 0. The summed E-state index contributed by atoms with van der Waals surface area (Å²) in [5.74, 6) is -2.33. The lowest BCUT2D eigenvalue weighted by Gasteiger charge is -2.08. The van der Waals surface area contributed by atoms with Gasteiger partial charge >= 0.3 is 5.97 Å². The number of ether oxygens (including phenoxy) is 1. The first-order chi connectivity index (χ1) is 10.3. The van der Waals surface area contributed by atoms with Crippen molar-refractivity contribution in [2.45, 2.75) is 25.0 Å². The van der Waals surface area contributed by atoms with E-state index in [-0.39, 0.29) is 12.4 Å². The first-order valence-electron chi connectivity index (χ1n) is 6.90. The molecule has 2 rings (SSSR count). The first kappa shape index (κ1) is 16.4. The molecule has 0 bridgehead atoms. The summed E-state index contributed by atoms with van der Waals surface area (Å²) in [4.78, 5) is 12.2. The minimum Gasteiger partial charge on any atom is -0.465 e. The van der Waals surface area contributed by atoms with Gasteiger partial charge in [0.1, 0.15) is 11.1 Å². The van der Waals surface area contributed by atoms with E-state index >= 15 is 0 Å². The predicted octanol–water partition coefficient (Wildman–Crippen LogP) is 1.80. The van der Waals surface area contributed by atoms with Crippen LogP contribution in [-0.4, -0.2) is 32.0 Å². The topological polar surface area (TPSA) is 84.2 Å². The highest BCUT2D eigenvalue weighted by Gasteiger charge is 2.77. The summed E-state index contributed by atoms with van der Waals surface area (Å²) >= 11 is 0. The molecule has 0 unspecified atom stereocenters. The molecule has 1 fully saturated rings. The first-order valence-corrected chi connectivity index (χ1v) is 8.62. The number of nitrogens with zero attached hydrogens (tertiary/aromatic N) is 1. The molecule has 0 saturated heterocycles. The molecule has 1 aliphatic rings. The van der Waals surface area contributed by atoms with Gasteiger partial charge in [-0.15, -0.1) is 0 Å². The van der Waals surface area contributed by atoms with Gasteiger partial charge in [-0.05, 0) is 24.6 Å². The van der Waals surface area contributed by atoms with Crippen molar-refractivity contribution in [3.63, 3.8) is 0 Å².